The summed E-state index contributed by atoms with van der Waals surface area (Å²) >= 11 is 1.47. The summed E-state index contributed by atoms with van der Waals surface area (Å²) in [4.78, 5) is 1.03. The highest BCUT2D eigenvalue weighted by atomic mass is 32.2. The van der Waals surface area contributed by atoms with E-state index in [1.807, 2.05) is 43.5 Å². The summed E-state index contributed by atoms with van der Waals surface area (Å²) in [5, 5.41) is 6.42. The van der Waals surface area contributed by atoms with Crippen LogP contribution in [0.3, 0.4) is 0 Å². The van der Waals surface area contributed by atoms with Crippen molar-refractivity contribution in [2.45, 2.75) is 44.6 Å². The van der Waals surface area contributed by atoms with Gasteiger partial charge >= 0.3 is 0 Å². The lowest BCUT2D eigenvalue weighted by Gasteiger charge is -2.10. The Bertz CT molecular complexity index is 970. The van der Waals surface area contributed by atoms with Gasteiger partial charge in [-0.2, -0.15) is 5.10 Å². The van der Waals surface area contributed by atoms with E-state index in [-0.39, 0.29) is 10.9 Å². The molecule has 0 aliphatic rings. The number of anilines is 1. The first-order valence-corrected chi connectivity index (χ1v) is 10.9. The third kappa shape index (κ3) is 3.83. The van der Waals surface area contributed by atoms with E-state index < -0.39 is 10.0 Å². The Morgan fingerprint density at radius 3 is 2.31 bits per heavy atom. The second-order valence-corrected chi connectivity index (χ2v) is 9.37. The third-order valence-electron chi connectivity index (χ3n) is 4.10. The fraction of sp³-hybridized carbons (Fsp3) is 0.316. The normalized spacial score (nSPS) is 12.1. The van der Waals surface area contributed by atoms with E-state index in [1.165, 1.54) is 16.9 Å². The standard InChI is InChI=1S/C19H23N3O2S2/c1-13(2)15-7-9-16(10-8-15)21-26(23,24)18-12-22(14(3)4)20-19(18)17-6-5-11-25-17/h5-14,21H,1-4H3. The average molecular weight is 390 g/mol. The Kier molecular flexibility index (Phi) is 5.20. The van der Waals surface area contributed by atoms with Crippen LogP contribution in [-0.2, 0) is 10.0 Å². The molecule has 0 fully saturated rings. The maximum Gasteiger partial charge on any atom is 0.265 e. The van der Waals surface area contributed by atoms with Gasteiger partial charge in [0.2, 0.25) is 0 Å². The molecule has 0 saturated heterocycles. The van der Waals surface area contributed by atoms with E-state index in [0.717, 1.165) is 4.88 Å². The number of sulfonamides is 1. The molecule has 0 saturated carbocycles. The van der Waals surface area contributed by atoms with Crippen LogP contribution in [-0.4, -0.2) is 18.2 Å². The molecule has 138 valence electrons. The zero-order chi connectivity index (χ0) is 18.9. The molecule has 2 heterocycles. The van der Waals surface area contributed by atoms with Crippen LogP contribution >= 0.6 is 11.3 Å². The fourth-order valence-corrected chi connectivity index (χ4v) is 4.56. The van der Waals surface area contributed by atoms with Crippen molar-refractivity contribution in [3.05, 3.63) is 53.5 Å². The third-order valence-corrected chi connectivity index (χ3v) is 6.36. The molecule has 5 nitrogen and oxygen atoms in total. The second kappa shape index (κ2) is 7.25. The minimum absolute atomic E-state index is 0.0722. The first-order valence-electron chi connectivity index (χ1n) is 8.53. The number of hydrogen-bond acceptors (Lipinski definition) is 4. The van der Waals surface area contributed by atoms with Gasteiger partial charge in [0.15, 0.2) is 0 Å². The van der Waals surface area contributed by atoms with Gasteiger partial charge in [0.25, 0.3) is 10.0 Å². The van der Waals surface area contributed by atoms with Gasteiger partial charge in [-0.05, 0) is 48.9 Å². The monoisotopic (exact) mass is 389 g/mol. The zero-order valence-electron chi connectivity index (χ0n) is 15.3. The number of rotatable bonds is 6. The van der Waals surface area contributed by atoms with Crippen LogP contribution in [0, 0.1) is 0 Å². The average Bonchev–Trinajstić information content (AvgIpc) is 3.24. The van der Waals surface area contributed by atoms with Crippen LogP contribution in [0.1, 0.15) is 45.2 Å². The number of nitrogens with one attached hydrogen (secondary N) is 1. The summed E-state index contributed by atoms with van der Waals surface area (Å²) in [5.74, 6) is 0.398. The smallest absolute Gasteiger partial charge is 0.265 e. The van der Waals surface area contributed by atoms with Crippen molar-refractivity contribution in [1.29, 1.82) is 0 Å². The van der Waals surface area contributed by atoms with Crippen LogP contribution in [0.2, 0.25) is 0 Å². The lowest BCUT2D eigenvalue weighted by atomic mass is 10.0. The quantitative estimate of drug-likeness (QED) is 0.636. The Balaban J connectivity index is 1.98. The van der Waals surface area contributed by atoms with Crippen LogP contribution < -0.4 is 4.72 Å². The van der Waals surface area contributed by atoms with Crippen molar-refractivity contribution >= 4 is 27.0 Å². The summed E-state index contributed by atoms with van der Waals surface area (Å²) in [6, 6.07) is 11.3. The van der Waals surface area contributed by atoms with Crippen molar-refractivity contribution in [3.8, 4) is 10.6 Å². The van der Waals surface area contributed by atoms with E-state index in [2.05, 4.69) is 23.7 Å². The Morgan fingerprint density at radius 1 is 1.08 bits per heavy atom. The van der Waals surface area contributed by atoms with Crippen molar-refractivity contribution in [1.82, 2.24) is 9.78 Å². The summed E-state index contributed by atoms with van der Waals surface area (Å²) < 4.78 is 30.4. The number of nitrogens with zero attached hydrogens (tertiary/aromatic N) is 2. The molecule has 1 N–H and O–H groups in total. The molecule has 0 radical (unpaired) electrons. The van der Waals surface area contributed by atoms with E-state index in [0.29, 0.717) is 17.3 Å². The van der Waals surface area contributed by atoms with E-state index in [9.17, 15) is 8.42 Å². The predicted molar refractivity (Wildman–Crippen MR) is 107 cm³/mol. The minimum atomic E-state index is -3.74. The molecule has 3 rings (SSSR count). The lowest BCUT2D eigenvalue weighted by Crippen LogP contribution is -2.13. The van der Waals surface area contributed by atoms with Gasteiger partial charge in [0.05, 0.1) is 4.88 Å². The summed E-state index contributed by atoms with van der Waals surface area (Å²) in [6.45, 7) is 8.15. The molecule has 1 aromatic carbocycles. The molecule has 0 atom stereocenters. The van der Waals surface area contributed by atoms with Gasteiger partial charge in [-0.25, -0.2) is 8.42 Å². The SMILES string of the molecule is CC(C)c1ccc(NS(=O)(=O)c2cn(C(C)C)nc2-c2cccs2)cc1. The minimum Gasteiger partial charge on any atom is -0.280 e. The van der Waals surface area contributed by atoms with Crippen molar-refractivity contribution in [3.63, 3.8) is 0 Å². The first-order chi connectivity index (χ1) is 12.3. The largest absolute Gasteiger partial charge is 0.280 e. The van der Waals surface area contributed by atoms with Gasteiger partial charge in [0, 0.05) is 17.9 Å². The maximum absolute atomic E-state index is 13.0. The number of aromatic nitrogens is 2. The van der Waals surface area contributed by atoms with E-state index in [4.69, 9.17) is 0 Å². The van der Waals surface area contributed by atoms with Crippen molar-refractivity contribution < 1.29 is 8.42 Å². The number of benzene rings is 1. The molecular formula is C19H23N3O2S2. The molecule has 0 aliphatic heterocycles. The molecule has 7 heteroatoms. The Labute approximate surface area is 158 Å². The number of hydrogen-bond donors (Lipinski definition) is 1. The van der Waals surface area contributed by atoms with Crippen molar-refractivity contribution in [2.24, 2.45) is 0 Å². The van der Waals surface area contributed by atoms with Crippen LogP contribution in [0.25, 0.3) is 10.6 Å². The lowest BCUT2D eigenvalue weighted by molar-refractivity contribution is 0.532. The molecule has 0 amide bonds. The molecule has 0 spiro atoms. The molecule has 2 aromatic heterocycles. The molecule has 0 unspecified atom stereocenters. The predicted octanol–water partition coefficient (Wildman–Crippen LogP) is 5.12. The van der Waals surface area contributed by atoms with Gasteiger partial charge in [-0.15, -0.1) is 11.3 Å². The molecule has 0 aliphatic carbocycles. The van der Waals surface area contributed by atoms with Crippen molar-refractivity contribution in [2.75, 3.05) is 4.72 Å². The summed E-state index contributed by atoms with van der Waals surface area (Å²) in [6.07, 6.45) is 1.60. The zero-order valence-corrected chi connectivity index (χ0v) is 16.9. The molecular weight excluding hydrogens is 366 g/mol. The highest BCUT2D eigenvalue weighted by molar-refractivity contribution is 7.92. The molecule has 3 aromatic rings. The summed E-state index contributed by atoms with van der Waals surface area (Å²) in [7, 11) is -3.74. The molecule has 0 bridgehead atoms. The topological polar surface area (TPSA) is 64.0 Å². The fourth-order valence-electron chi connectivity index (χ4n) is 2.57. The Morgan fingerprint density at radius 2 is 1.77 bits per heavy atom. The number of thiophene rings is 1. The molecule has 26 heavy (non-hydrogen) atoms. The van der Waals surface area contributed by atoms with Gasteiger partial charge in [-0.3, -0.25) is 9.40 Å². The summed E-state index contributed by atoms with van der Waals surface area (Å²) in [5.41, 5.74) is 2.20. The highest BCUT2D eigenvalue weighted by Gasteiger charge is 2.25. The maximum atomic E-state index is 13.0. The Hall–Kier alpha value is -2.12. The van der Waals surface area contributed by atoms with Gasteiger partial charge < -0.3 is 0 Å². The van der Waals surface area contributed by atoms with Crippen LogP contribution in [0.4, 0.5) is 5.69 Å². The first kappa shape index (κ1) is 18.7. The van der Waals surface area contributed by atoms with E-state index >= 15 is 0 Å². The highest BCUT2D eigenvalue weighted by Crippen LogP contribution is 2.31. The van der Waals surface area contributed by atoms with Gasteiger partial charge in [0.1, 0.15) is 10.6 Å². The second-order valence-electron chi connectivity index (χ2n) is 6.78. The van der Waals surface area contributed by atoms with Gasteiger partial charge in [-0.1, -0.05) is 32.0 Å². The van der Waals surface area contributed by atoms with Crippen LogP contribution in [0.5, 0.6) is 0 Å². The van der Waals surface area contributed by atoms with E-state index in [1.54, 1.807) is 23.0 Å². The van der Waals surface area contributed by atoms with Crippen LogP contribution in [0.15, 0.2) is 52.9 Å².